The highest BCUT2D eigenvalue weighted by molar-refractivity contribution is 9.14. The molecule has 0 atom stereocenters. The molecule has 0 aromatic heterocycles. The summed E-state index contributed by atoms with van der Waals surface area (Å²) in [5.41, 5.74) is 1.12. The fourth-order valence-electron chi connectivity index (χ4n) is 1.27. The van der Waals surface area contributed by atoms with Gasteiger partial charge in [-0.3, -0.25) is 0 Å². The number of rotatable bonds is 3. The van der Waals surface area contributed by atoms with Crippen LogP contribution in [0.2, 0.25) is 0 Å². The van der Waals surface area contributed by atoms with E-state index in [9.17, 15) is 8.42 Å². The molecule has 1 aliphatic heterocycles. The summed E-state index contributed by atoms with van der Waals surface area (Å²) >= 11 is 2.94. The summed E-state index contributed by atoms with van der Waals surface area (Å²) in [4.78, 5) is 3.80. The number of halogens is 1. The zero-order chi connectivity index (χ0) is 12.5. The Morgan fingerprint density at radius 3 is 2.47 bits per heavy atom. The molecule has 0 amide bonds. The maximum Gasteiger partial charge on any atom is 0.231 e. The summed E-state index contributed by atoms with van der Waals surface area (Å²) in [6.07, 6.45) is 1.27. The zero-order valence-corrected chi connectivity index (χ0v) is 11.5. The van der Waals surface area contributed by atoms with Gasteiger partial charge in [0.15, 0.2) is 5.04 Å². The molecule has 1 heterocycles. The number of aliphatic imine (C=N–C) groups is 1. The van der Waals surface area contributed by atoms with Crippen molar-refractivity contribution < 1.29 is 13.2 Å². The number of hydrogen-bond donors (Lipinski definition) is 0. The van der Waals surface area contributed by atoms with Gasteiger partial charge in [-0.05, 0) is 35.0 Å². The monoisotopic (exact) mass is 315 g/mol. The second-order valence-electron chi connectivity index (χ2n) is 3.56. The van der Waals surface area contributed by atoms with E-state index in [2.05, 4.69) is 20.9 Å². The van der Waals surface area contributed by atoms with Crippen molar-refractivity contribution in [2.45, 2.75) is 6.92 Å². The Kier molecular flexibility index (Phi) is 3.35. The van der Waals surface area contributed by atoms with E-state index in [0.717, 1.165) is 5.56 Å². The normalized spacial score (nSPS) is 17.5. The SMILES string of the molecule is Cc1ccc(OCC2=NC=C(Br)S2(=O)=O)cc1. The van der Waals surface area contributed by atoms with Gasteiger partial charge >= 0.3 is 0 Å². The second-order valence-corrected chi connectivity index (χ2v) is 6.86. The van der Waals surface area contributed by atoms with Gasteiger partial charge in [-0.2, -0.15) is 0 Å². The van der Waals surface area contributed by atoms with E-state index in [1.165, 1.54) is 6.20 Å². The Bertz CT molecular complexity index is 588. The molecule has 6 heteroatoms. The summed E-state index contributed by atoms with van der Waals surface area (Å²) in [6, 6.07) is 7.38. The van der Waals surface area contributed by atoms with Crippen LogP contribution in [0, 0.1) is 6.92 Å². The molecular weight excluding hydrogens is 306 g/mol. The first-order chi connectivity index (χ1) is 8.00. The molecule has 0 N–H and O–H groups in total. The average Bonchev–Trinajstić information content (AvgIpc) is 2.54. The molecule has 1 aromatic carbocycles. The number of aryl methyl sites for hydroxylation is 1. The minimum Gasteiger partial charge on any atom is -0.487 e. The third kappa shape index (κ3) is 2.58. The van der Waals surface area contributed by atoms with E-state index in [1.807, 2.05) is 19.1 Å². The van der Waals surface area contributed by atoms with Crippen molar-refractivity contribution in [3.05, 3.63) is 39.8 Å². The Morgan fingerprint density at radius 1 is 1.29 bits per heavy atom. The summed E-state index contributed by atoms with van der Waals surface area (Å²) in [5, 5.41) is 0.0185. The van der Waals surface area contributed by atoms with Gasteiger partial charge in [0.1, 0.15) is 16.2 Å². The van der Waals surface area contributed by atoms with Gasteiger partial charge in [-0.15, -0.1) is 0 Å². The Labute approximate surface area is 108 Å². The van der Waals surface area contributed by atoms with E-state index in [0.29, 0.717) is 5.75 Å². The largest absolute Gasteiger partial charge is 0.487 e. The van der Waals surface area contributed by atoms with Crippen LogP contribution in [0.15, 0.2) is 39.3 Å². The first kappa shape index (κ1) is 12.3. The van der Waals surface area contributed by atoms with Crippen LogP contribution >= 0.6 is 15.9 Å². The number of benzene rings is 1. The van der Waals surface area contributed by atoms with Crippen molar-refractivity contribution in [3.8, 4) is 5.75 Å². The van der Waals surface area contributed by atoms with Gasteiger partial charge in [0.2, 0.25) is 9.84 Å². The smallest absolute Gasteiger partial charge is 0.231 e. The maximum atomic E-state index is 11.6. The lowest BCUT2D eigenvalue weighted by Gasteiger charge is -2.06. The molecular formula is C11H10BrNO3S. The lowest BCUT2D eigenvalue weighted by atomic mass is 10.2. The minimum absolute atomic E-state index is 0.0185. The number of hydrogen-bond acceptors (Lipinski definition) is 4. The van der Waals surface area contributed by atoms with E-state index in [-0.39, 0.29) is 15.5 Å². The van der Waals surface area contributed by atoms with Crippen LogP contribution in [0.5, 0.6) is 5.75 Å². The van der Waals surface area contributed by atoms with Crippen LogP contribution < -0.4 is 4.74 Å². The standard InChI is InChI=1S/C11H10BrNO3S/c1-8-2-4-9(5-3-8)16-7-11-13-6-10(12)17(11,14)15/h2-6H,7H2,1H3. The third-order valence-corrected chi connectivity index (χ3v) is 5.21. The highest BCUT2D eigenvalue weighted by Crippen LogP contribution is 2.23. The van der Waals surface area contributed by atoms with Crippen LogP contribution in [0.1, 0.15) is 5.56 Å². The van der Waals surface area contributed by atoms with Crippen molar-refractivity contribution in [1.29, 1.82) is 0 Å². The van der Waals surface area contributed by atoms with Crippen LogP contribution in [0.25, 0.3) is 0 Å². The zero-order valence-electron chi connectivity index (χ0n) is 9.05. The van der Waals surface area contributed by atoms with E-state index < -0.39 is 9.84 Å². The molecule has 4 nitrogen and oxygen atoms in total. The quantitative estimate of drug-likeness (QED) is 0.860. The highest BCUT2D eigenvalue weighted by atomic mass is 79.9. The predicted molar refractivity (Wildman–Crippen MR) is 70.0 cm³/mol. The van der Waals surface area contributed by atoms with Crippen LogP contribution in [-0.4, -0.2) is 20.1 Å². The van der Waals surface area contributed by atoms with Crippen molar-refractivity contribution in [3.63, 3.8) is 0 Å². The molecule has 0 spiro atoms. The molecule has 90 valence electrons. The molecule has 1 aromatic rings. The molecule has 0 saturated heterocycles. The van der Waals surface area contributed by atoms with Crippen molar-refractivity contribution in [2.75, 3.05) is 6.61 Å². The van der Waals surface area contributed by atoms with Crippen molar-refractivity contribution in [2.24, 2.45) is 4.99 Å². The molecule has 0 radical (unpaired) electrons. The van der Waals surface area contributed by atoms with Gasteiger partial charge in [-0.1, -0.05) is 17.7 Å². The molecule has 0 aliphatic carbocycles. The summed E-state index contributed by atoms with van der Waals surface area (Å²) in [5.74, 6) is 0.622. The Morgan fingerprint density at radius 2 is 1.94 bits per heavy atom. The van der Waals surface area contributed by atoms with Gasteiger partial charge in [0, 0.05) is 0 Å². The second kappa shape index (κ2) is 4.62. The van der Waals surface area contributed by atoms with Crippen molar-refractivity contribution >= 4 is 30.8 Å². The first-order valence-electron chi connectivity index (χ1n) is 4.87. The van der Waals surface area contributed by atoms with E-state index in [4.69, 9.17) is 4.74 Å². The molecule has 0 fully saturated rings. The van der Waals surface area contributed by atoms with Crippen molar-refractivity contribution in [1.82, 2.24) is 0 Å². The number of ether oxygens (including phenoxy) is 1. The number of nitrogens with zero attached hydrogens (tertiary/aromatic N) is 1. The van der Waals surface area contributed by atoms with Crippen LogP contribution in [-0.2, 0) is 9.84 Å². The fraction of sp³-hybridized carbons (Fsp3) is 0.182. The minimum atomic E-state index is -3.44. The lowest BCUT2D eigenvalue weighted by molar-refractivity contribution is 0.378. The Hall–Kier alpha value is -1.14. The number of sulfone groups is 1. The molecule has 1 aliphatic rings. The average molecular weight is 316 g/mol. The van der Waals surface area contributed by atoms with Gasteiger partial charge < -0.3 is 4.74 Å². The van der Waals surface area contributed by atoms with E-state index in [1.54, 1.807) is 12.1 Å². The summed E-state index contributed by atoms with van der Waals surface area (Å²) < 4.78 is 28.7. The molecule has 0 unspecified atom stereocenters. The van der Waals surface area contributed by atoms with Crippen LogP contribution in [0.3, 0.4) is 0 Å². The summed E-state index contributed by atoms with van der Waals surface area (Å²) in [7, 11) is -3.44. The van der Waals surface area contributed by atoms with Gasteiger partial charge in [-0.25, -0.2) is 13.4 Å². The maximum absolute atomic E-state index is 11.6. The lowest BCUT2D eigenvalue weighted by Crippen LogP contribution is -2.19. The molecule has 0 saturated carbocycles. The van der Waals surface area contributed by atoms with Gasteiger partial charge in [0.25, 0.3) is 0 Å². The highest BCUT2D eigenvalue weighted by Gasteiger charge is 2.28. The third-order valence-electron chi connectivity index (χ3n) is 2.26. The topological polar surface area (TPSA) is 55.7 Å². The first-order valence-corrected chi connectivity index (χ1v) is 7.14. The fourth-order valence-corrected chi connectivity index (χ4v) is 2.75. The van der Waals surface area contributed by atoms with Crippen LogP contribution in [0.4, 0.5) is 0 Å². The Balaban J connectivity index is 2.04. The van der Waals surface area contributed by atoms with Gasteiger partial charge in [0.05, 0.1) is 6.20 Å². The summed E-state index contributed by atoms with van der Waals surface area (Å²) in [6.45, 7) is 1.91. The molecule has 2 rings (SSSR count). The molecule has 17 heavy (non-hydrogen) atoms. The predicted octanol–water partition coefficient (Wildman–Crippen LogP) is 2.39. The molecule has 0 bridgehead atoms. The van der Waals surface area contributed by atoms with E-state index >= 15 is 0 Å².